The first-order chi connectivity index (χ1) is 12.1. The summed E-state index contributed by atoms with van der Waals surface area (Å²) >= 11 is 0. The fourth-order valence-electron chi connectivity index (χ4n) is 2.68. The van der Waals surface area contributed by atoms with Crippen LogP contribution in [0, 0.1) is 6.92 Å². The smallest absolute Gasteiger partial charge is 0.251 e. The molecule has 4 nitrogen and oxygen atoms in total. The predicted octanol–water partition coefficient (Wildman–Crippen LogP) is 4.30. The minimum Gasteiger partial charge on any atom is -0.456 e. The summed E-state index contributed by atoms with van der Waals surface area (Å²) in [6.07, 6.45) is 2.01. The molecule has 0 atom stereocenters. The lowest BCUT2D eigenvalue weighted by Crippen LogP contribution is -2.24. The molecule has 0 bridgehead atoms. The minimum atomic E-state index is -0.0876. The maximum atomic E-state index is 12.3. The van der Waals surface area contributed by atoms with Crippen molar-refractivity contribution < 1.29 is 9.21 Å². The highest BCUT2D eigenvalue weighted by molar-refractivity contribution is 5.94. The van der Waals surface area contributed by atoms with E-state index in [1.54, 1.807) is 24.3 Å². The molecular formula is C21H21NO3. The molecular weight excluding hydrogens is 314 g/mol. The Morgan fingerprint density at radius 3 is 2.56 bits per heavy atom. The molecule has 0 aliphatic rings. The highest BCUT2D eigenvalue weighted by Crippen LogP contribution is 2.23. The Labute approximate surface area is 146 Å². The van der Waals surface area contributed by atoms with Crippen molar-refractivity contribution in [1.29, 1.82) is 0 Å². The second-order valence-electron chi connectivity index (χ2n) is 6.16. The van der Waals surface area contributed by atoms with E-state index in [1.165, 1.54) is 6.07 Å². The van der Waals surface area contributed by atoms with Gasteiger partial charge in [0.25, 0.3) is 5.91 Å². The van der Waals surface area contributed by atoms with Gasteiger partial charge in [-0.25, -0.2) is 0 Å². The molecule has 0 saturated carbocycles. The van der Waals surface area contributed by atoms with Gasteiger partial charge in [0.15, 0.2) is 5.43 Å². The monoisotopic (exact) mass is 335 g/mol. The van der Waals surface area contributed by atoms with Crippen molar-refractivity contribution in [3.63, 3.8) is 0 Å². The molecule has 128 valence electrons. The molecule has 3 aromatic rings. The molecule has 0 radical (unpaired) electrons. The van der Waals surface area contributed by atoms with Crippen molar-refractivity contribution in [3.05, 3.63) is 69.9 Å². The van der Waals surface area contributed by atoms with Crippen LogP contribution in [-0.2, 0) is 0 Å². The molecule has 1 heterocycles. The highest BCUT2D eigenvalue weighted by Gasteiger charge is 2.09. The number of hydrogen-bond donors (Lipinski definition) is 1. The minimum absolute atomic E-state index is 0.0682. The number of benzene rings is 2. The van der Waals surface area contributed by atoms with Crippen LogP contribution in [0.1, 0.15) is 35.7 Å². The van der Waals surface area contributed by atoms with Crippen LogP contribution >= 0.6 is 0 Å². The molecule has 0 spiro atoms. The zero-order valence-electron chi connectivity index (χ0n) is 14.5. The van der Waals surface area contributed by atoms with E-state index in [1.807, 2.05) is 25.1 Å². The number of carbonyl (C=O) groups excluding carboxylic acids is 1. The van der Waals surface area contributed by atoms with Gasteiger partial charge >= 0.3 is 0 Å². The first kappa shape index (κ1) is 17.0. The van der Waals surface area contributed by atoms with Crippen LogP contribution in [-0.4, -0.2) is 12.5 Å². The number of nitrogens with one attached hydrogen (secondary N) is 1. The molecule has 1 amide bonds. The molecule has 25 heavy (non-hydrogen) atoms. The van der Waals surface area contributed by atoms with Crippen molar-refractivity contribution in [1.82, 2.24) is 5.32 Å². The lowest BCUT2D eigenvalue weighted by molar-refractivity contribution is 0.0953. The van der Waals surface area contributed by atoms with E-state index in [2.05, 4.69) is 12.2 Å². The number of carbonyl (C=O) groups is 1. The van der Waals surface area contributed by atoms with Gasteiger partial charge in [0.05, 0.1) is 5.39 Å². The Bertz CT molecular complexity index is 955. The number of aryl methyl sites for hydroxylation is 1. The van der Waals surface area contributed by atoms with Crippen molar-refractivity contribution in [2.24, 2.45) is 0 Å². The zero-order chi connectivity index (χ0) is 17.8. The van der Waals surface area contributed by atoms with Crippen molar-refractivity contribution in [2.45, 2.75) is 26.7 Å². The summed E-state index contributed by atoms with van der Waals surface area (Å²) in [5.74, 6) is 0.412. The summed E-state index contributed by atoms with van der Waals surface area (Å²) in [6.45, 7) is 4.70. The Balaban J connectivity index is 1.87. The SMILES string of the molecule is CCCCNC(=O)c1ccc(-c2cc(=O)c3cc(C)ccc3o2)cc1. The Morgan fingerprint density at radius 2 is 1.84 bits per heavy atom. The predicted molar refractivity (Wildman–Crippen MR) is 99.9 cm³/mol. The third-order valence-electron chi connectivity index (χ3n) is 4.13. The molecule has 0 saturated heterocycles. The lowest BCUT2D eigenvalue weighted by atomic mass is 10.1. The number of amides is 1. The molecule has 2 aromatic carbocycles. The van der Waals surface area contributed by atoms with E-state index in [-0.39, 0.29) is 11.3 Å². The van der Waals surface area contributed by atoms with Gasteiger partial charge in [-0.05, 0) is 37.6 Å². The van der Waals surface area contributed by atoms with Crippen LogP contribution in [0.5, 0.6) is 0 Å². The number of hydrogen-bond acceptors (Lipinski definition) is 3. The topological polar surface area (TPSA) is 59.3 Å². The Morgan fingerprint density at radius 1 is 1.08 bits per heavy atom. The quantitative estimate of drug-likeness (QED) is 0.707. The second kappa shape index (κ2) is 7.34. The lowest BCUT2D eigenvalue weighted by Gasteiger charge is -2.06. The van der Waals surface area contributed by atoms with Crippen LogP contribution < -0.4 is 10.7 Å². The van der Waals surface area contributed by atoms with Crippen LogP contribution in [0.25, 0.3) is 22.3 Å². The summed E-state index contributed by atoms with van der Waals surface area (Å²) in [5, 5.41) is 3.46. The van der Waals surface area contributed by atoms with Gasteiger partial charge in [-0.2, -0.15) is 0 Å². The van der Waals surface area contributed by atoms with Crippen LogP contribution in [0.2, 0.25) is 0 Å². The zero-order valence-corrected chi connectivity index (χ0v) is 14.5. The van der Waals surface area contributed by atoms with Gasteiger partial charge in [0, 0.05) is 23.7 Å². The van der Waals surface area contributed by atoms with Gasteiger partial charge in [-0.15, -0.1) is 0 Å². The highest BCUT2D eigenvalue weighted by atomic mass is 16.3. The Hall–Kier alpha value is -2.88. The van der Waals surface area contributed by atoms with Gasteiger partial charge < -0.3 is 9.73 Å². The van der Waals surface area contributed by atoms with Crippen molar-refractivity contribution >= 4 is 16.9 Å². The van der Waals surface area contributed by atoms with Gasteiger partial charge in [0.2, 0.25) is 0 Å². The number of rotatable bonds is 5. The first-order valence-corrected chi connectivity index (χ1v) is 8.51. The first-order valence-electron chi connectivity index (χ1n) is 8.51. The van der Waals surface area contributed by atoms with E-state index in [9.17, 15) is 9.59 Å². The summed E-state index contributed by atoms with van der Waals surface area (Å²) in [4.78, 5) is 24.4. The number of fused-ring (bicyclic) bond motifs is 1. The van der Waals surface area contributed by atoms with Crippen molar-refractivity contribution in [3.8, 4) is 11.3 Å². The average molecular weight is 335 g/mol. The Kier molecular flexibility index (Phi) is 4.98. The van der Waals surface area contributed by atoms with E-state index in [0.29, 0.717) is 28.8 Å². The van der Waals surface area contributed by atoms with E-state index in [0.717, 1.165) is 24.0 Å². The van der Waals surface area contributed by atoms with E-state index >= 15 is 0 Å². The second-order valence-corrected chi connectivity index (χ2v) is 6.16. The van der Waals surface area contributed by atoms with Crippen LogP contribution in [0.4, 0.5) is 0 Å². The maximum absolute atomic E-state index is 12.3. The van der Waals surface area contributed by atoms with Crippen LogP contribution in [0.3, 0.4) is 0 Å². The molecule has 0 unspecified atom stereocenters. The summed E-state index contributed by atoms with van der Waals surface area (Å²) in [5.41, 5.74) is 2.88. The van der Waals surface area contributed by atoms with E-state index in [4.69, 9.17) is 4.42 Å². The summed E-state index contributed by atoms with van der Waals surface area (Å²) in [6, 6.07) is 14.1. The van der Waals surface area contributed by atoms with Crippen LogP contribution in [0.15, 0.2) is 57.7 Å². The molecule has 0 fully saturated rings. The largest absolute Gasteiger partial charge is 0.456 e. The third-order valence-corrected chi connectivity index (χ3v) is 4.13. The molecule has 4 heteroatoms. The van der Waals surface area contributed by atoms with E-state index < -0.39 is 0 Å². The van der Waals surface area contributed by atoms with Crippen molar-refractivity contribution in [2.75, 3.05) is 6.54 Å². The third kappa shape index (κ3) is 3.79. The normalized spacial score (nSPS) is 10.8. The fourth-order valence-corrected chi connectivity index (χ4v) is 2.68. The molecule has 0 aliphatic carbocycles. The van der Waals surface area contributed by atoms with Gasteiger partial charge in [-0.1, -0.05) is 37.1 Å². The fraction of sp³-hybridized carbons (Fsp3) is 0.238. The molecule has 0 aliphatic heterocycles. The standard InChI is InChI=1S/C21H21NO3/c1-3-4-11-22-21(24)16-8-6-15(7-9-16)20-13-18(23)17-12-14(2)5-10-19(17)25-20/h5-10,12-13H,3-4,11H2,1-2H3,(H,22,24). The molecule has 1 N–H and O–H groups in total. The average Bonchev–Trinajstić information content (AvgIpc) is 2.62. The van der Waals surface area contributed by atoms with Gasteiger partial charge in [0.1, 0.15) is 11.3 Å². The molecule has 3 rings (SSSR count). The maximum Gasteiger partial charge on any atom is 0.251 e. The molecule has 1 aromatic heterocycles. The summed E-state index contributed by atoms with van der Waals surface area (Å²) in [7, 11) is 0. The van der Waals surface area contributed by atoms with Gasteiger partial charge in [-0.3, -0.25) is 9.59 Å². The summed E-state index contributed by atoms with van der Waals surface area (Å²) < 4.78 is 5.86. The number of unbranched alkanes of at least 4 members (excludes halogenated alkanes) is 1.